The van der Waals surface area contributed by atoms with Gasteiger partial charge in [-0.15, -0.1) is 11.3 Å². The van der Waals surface area contributed by atoms with Gasteiger partial charge in [0.2, 0.25) is 5.91 Å². The Labute approximate surface area is 179 Å². The highest BCUT2D eigenvalue weighted by molar-refractivity contribution is 7.09. The van der Waals surface area contributed by atoms with Crippen molar-refractivity contribution in [3.63, 3.8) is 0 Å². The van der Waals surface area contributed by atoms with Crippen molar-refractivity contribution in [2.45, 2.75) is 40.0 Å². The van der Waals surface area contributed by atoms with Crippen molar-refractivity contribution in [3.8, 4) is 17.3 Å². The molecule has 2 aromatic heterocycles. The number of nitrogens with zero attached hydrogens (tertiary/aromatic N) is 2. The molecular weight excluding hydrogens is 396 g/mol. The van der Waals surface area contributed by atoms with Gasteiger partial charge in [0.15, 0.2) is 0 Å². The molecule has 0 saturated heterocycles. The summed E-state index contributed by atoms with van der Waals surface area (Å²) in [6, 6.07) is 10.2. The molecule has 7 heteroatoms. The number of hydrogen-bond donors (Lipinski definition) is 2. The molecule has 0 aliphatic carbocycles. The Morgan fingerprint density at radius 2 is 1.93 bits per heavy atom. The Morgan fingerprint density at radius 1 is 1.20 bits per heavy atom. The lowest BCUT2D eigenvalue weighted by molar-refractivity contribution is -0.121. The van der Waals surface area contributed by atoms with Crippen LogP contribution in [0.3, 0.4) is 0 Å². The molecule has 0 aliphatic rings. The van der Waals surface area contributed by atoms with Gasteiger partial charge in [0.25, 0.3) is 5.56 Å². The summed E-state index contributed by atoms with van der Waals surface area (Å²) in [5, 5.41) is 15.2. The van der Waals surface area contributed by atoms with Gasteiger partial charge in [-0.05, 0) is 50.3 Å². The first-order valence-electron chi connectivity index (χ1n) is 9.79. The van der Waals surface area contributed by atoms with Crippen molar-refractivity contribution >= 4 is 17.2 Å². The first kappa shape index (κ1) is 21.5. The van der Waals surface area contributed by atoms with Crippen molar-refractivity contribution in [2.75, 3.05) is 6.54 Å². The summed E-state index contributed by atoms with van der Waals surface area (Å²) in [5.41, 5.74) is 5.19. The van der Waals surface area contributed by atoms with Crippen LogP contribution in [-0.4, -0.2) is 22.4 Å². The molecule has 0 spiro atoms. The SMILES string of the molecule is Cc1nc(-c2ccc(CCNC(=O)CCc3c(C)[nH]c(=O)c(C#N)c3C)cc2)cs1. The number of H-pyrrole nitrogens is 1. The van der Waals surface area contributed by atoms with Gasteiger partial charge in [0, 0.05) is 29.6 Å². The summed E-state index contributed by atoms with van der Waals surface area (Å²) in [6.45, 7) is 6.10. The van der Waals surface area contributed by atoms with Crippen molar-refractivity contribution in [1.82, 2.24) is 15.3 Å². The molecule has 0 aliphatic heterocycles. The van der Waals surface area contributed by atoms with Crippen LogP contribution in [0, 0.1) is 32.1 Å². The van der Waals surface area contributed by atoms with E-state index in [2.05, 4.69) is 44.9 Å². The van der Waals surface area contributed by atoms with Crippen molar-refractivity contribution < 1.29 is 4.79 Å². The second-order valence-corrected chi connectivity index (χ2v) is 8.28. The van der Waals surface area contributed by atoms with Gasteiger partial charge in [-0.2, -0.15) is 5.26 Å². The molecule has 0 atom stereocenters. The summed E-state index contributed by atoms with van der Waals surface area (Å²) in [6.07, 6.45) is 1.54. The van der Waals surface area contributed by atoms with Crippen LogP contribution in [0.1, 0.15) is 39.4 Å². The number of aromatic nitrogens is 2. The molecule has 1 aromatic carbocycles. The largest absolute Gasteiger partial charge is 0.356 e. The lowest BCUT2D eigenvalue weighted by Crippen LogP contribution is -2.26. The van der Waals surface area contributed by atoms with E-state index in [0.717, 1.165) is 33.8 Å². The van der Waals surface area contributed by atoms with Crippen LogP contribution >= 0.6 is 11.3 Å². The van der Waals surface area contributed by atoms with Crippen LogP contribution in [0.4, 0.5) is 0 Å². The molecule has 2 heterocycles. The molecule has 154 valence electrons. The molecule has 6 nitrogen and oxygen atoms in total. The fourth-order valence-electron chi connectivity index (χ4n) is 3.43. The third kappa shape index (κ3) is 5.02. The maximum atomic E-state index is 12.2. The summed E-state index contributed by atoms with van der Waals surface area (Å²) >= 11 is 1.64. The van der Waals surface area contributed by atoms with Gasteiger partial charge in [-0.25, -0.2) is 4.98 Å². The summed E-state index contributed by atoms with van der Waals surface area (Å²) < 4.78 is 0. The highest BCUT2D eigenvalue weighted by Gasteiger charge is 2.13. The molecule has 0 bridgehead atoms. The third-order valence-electron chi connectivity index (χ3n) is 5.13. The van der Waals surface area contributed by atoms with Gasteiger partial charge in [0.1, 0.15) is 11.6 Å². The molecule has 2 N–H and O–H groups in total. The average Bonchev–Trinajstić information content (AvgIpc) is 3.15. The number of carbonyl (C=O) groups excluding carboxylic acids is 1. The number of rotatable bonds is 7. The summed E-state index contributed by atoms with van der Waals surface area (Å²) in [7, 11) is 0. The zero-order chi connectivity index (χ0) is 21.7. The Bertz CT molecular complexity index is 1150. The van der Waals surface area contributed by atoms with E-state index in [-0.39, 0.29) is 17.0 Å². The number of aromatic amines is 1. The standard InChI is InChI=1S/C23H24N4O2S/c1-14-19(15(2)26-23(29)20(14)12-24)8-9-22(28)25-11-10-17-4-6-18(7-5-17)21-13-30-16(3)27-21/h4-7,13H,8-11H2,1-3H3,(H,25,28)(H,26,29). The zero-order valence-electron chi connectivity index (χ0n) is 17.3. The third-order valence-corrected chi connectivity index (χ3v) is 5.90. The van der Waals surface area contributed by atoms with Crippen LogP contribution < -0.4 is 10.9 Å². The van der Waals surface area contributed by atoms with E-state index in [1.165, 1.54) is 0 Å². The molecule has 3 aromatic rings. The van der Waals surface area contributed by atoms with Crippen LogP contribution in [0.2, 0.25) is 0 Å². The van der Waals surface area contributed by atoms with Crippen LogP contribution in [0.5, 0.6) is 0 Å². The lowest BCUT2D eigenvalue weighted by atomic mass is 9.99. The summed E-state index contributed by atoms with van der Waals surface area (Å²) in [5.74, 6) is -0.0481. The molecule has 3 rings (SSSR count). The van der Waals surface area contributed by atoms with Gasteiger partial charge >= 0.3 is 0 Å². The van der Waals surface area contributed by atoms with Gasteiger partial charge in [0.05, 0.1) is 10.7 Å². The number of amides is 1. The highest BCUT2D eigenvalue weighted by atomic mass is 32.1. The Balaban J connectivity index is 1.50. The monoisotopic (exact) mass is 420 g/mol. The first-order valence-corrected chi connectivity index (χ1v) is 10.7. The number of pyridine rings is 1. The van der Waals surface area contributed by atoms with Crippen molar-refractivity contribution in [3.05, 3.63) is 73.0 Å². The van der Waals surface area contributed by atoms with E-state index < -0.39 is 0 Å². The van der Waals surface area contributed by atoms with Gasteiger partial charge < -0.3 is 10.3 Å². The van der Waals surface area contributed by atoms with Gasteiger partial charge in [-0.1, -0.05) is 24.3 Å². The normalized spacial score (nSPS) is 10.6. The smallest absolute Gasteiger partial charge is 0.266 e. The molecule has 1 amide bonds. The Morgan fingerprint density at radius 3 is 2.57 bits per heavy atom. The lowest BCUT2D eigenvalue weighted by Gasteiger charge is -2.11. The quantitative estimate of drug-likeness (QED) is 0.610. The minimum Gasteiger partial charge on any atom is -0.356 e. The fraction of sp³-hybridized carbons (Fsp3) is 0.304. The molecule has 0 radical (unpaired) electrons. The number of benzene rings is 1. The van der Waals surface area contributed by atoms with Crippen molar-refractivity contribution in [1.29, 1.82) is 5.26 Å². The second-order valence-electron chi connectivity index (χ2n) is 7.22. The van der Waals surface area contributed by atoms with Crippen LogP contribution in [0.25, 0.3) is 11.3 Å². The predicted molar refractivity (Wildman–Crippen MR) is 119 cm³/mol. The molecule has 0 saturated carbocycles. The number of hydrogen-bond acceptors (Lipinski definition) is 5. The molecule has 0 fully saturated rings. The minimum atomic E-state index is -0.378. The molecular formula is C23H24N4O2S. The first-order chi connectivity index (χ1) is 14.4. The molecule has 30 heavy (non-hydrogen) atoms. The van der Waals surface area contributed by atoms with Crippen LogP contribution in [-0.2, 0) is 17.6 Å². The number of carbonyl (C=O) groups is 1. The maximum absolute atomic E-state index is 12.2. The highest BCUT2D eigenvalue weighted by Crippen LogP contribution is 2.22. The second kappa shape index (κ2) is 9.51. The topological polar surface area (TPSA) is 98.6 Å². The fourth-order valence-corrected chi connectivity index (χ4v) is 4.05. The van der Waals surface area contributed by atoms with Crippen LogP contribution in [0.15, 0.2) is 34.4 Å². The summed E-state index contributed by atoms with van der Waals surface area (Å²) in [4.78, 5) is 31.2. The Hall–Kier alpha value is -3.24. The van der Waals surface area contributed by atoms with Crippen molar-refractivity contribution in [2.24, 2.45) is 0 Å². The Kier molecular flexibility index (Phi) is 6.80. The van der Waals surface area contributed by atoms with E-state index in [1.54, 1.807) is 25.2 Å². The number of aryl methyl sites for hydroxylation is 2. The number of nitriles is 1. The molecule has 0 unspecified atom stereocenters. The van der Waals surface area contributed by atoms with Gasteiger partial charge in [-0.3, -0.25) is 9.59 Å². The number of thiazole rings is 1. The minimum absolute atomic E-state index is 0.0481. The van der Waals surface area contributed by atoms with E-state index in [9.17, 15) is 9.59 Å². The predicted octanol–water partition coefficient (Wildman–Crippen LogP) is 3.59. The van der Waals surface area contributed by atoms with E-state index in [1.807, 2.05) is 13.0 Å². The van der Waals surface area contributed by atoms with E-state index in [0.29, 0.717) is 30.6 Å². The average molecular weight is 421 g/mol. The maximum Gasteiger partial charge on any atom is 0.266 e. The van der Waals surface area contributed by atoms with E-state index >= 15 is 0 Å². The number of nitrogens with one attached hydrogen (secondary N) is 2. The van der Waals surface area contributed by atoms with E-state index in [4.69, 9.17) is 5.26 Å². The zero-order valence-corrected chi connectivity index (χ0v) is 18.2.